The van der Waals surface area contributed by atoms with Crippen LogP contribution in [0.4, 0.5) is 5.82 Å². The fourth-order valence-electron chi connectivity index (χ4n) is 2.32. The van der Waals surface area contributed by atoms with Crippen molar-refractivity contribution in [2.24, 2.45) is 0 Å². The fraction of sp³-hybridized carbons (Fsp3) is 0.200. The lowest BCUT2D eigenvalue weighted by Crippen LogP contribution is -2.13. The molecule has 3 aromatic rings. The van der Waals surface area contributed by atoms with Crippen molar-refractivity contribution in [1.82, 2.24) is 19.2 Å². The van der Waals surface area contributed by atoms with E-state index in [0.717, 1.165) is 11.3 Å². The first-order valence-electron chi connectivity index (χ1n) is 6.80. The van der Waals surface area contributed by atoms with Crippen molar-refractivity contribution in [2.75, 3.05) is 11.6 Å². The molecule has 3 rings (SSSR count). The number of rotatable bonds is 3. The lowest BCUT2D eigenvalue weighted by molar-refractivity contribution is 0.605. The van der Waals surface area contributed by atoms with Gasteiger partial charge in [0.25, 0.3) is 0 Å². The van der Waals surface area contributed by atoms with Crippen molar-refractivity contribution in [3.63, 3.8) is 0 Å². The third kappa shape index (κ3) is 2.14. The highest BCUT2D eigenvalue weighted by Gasteiger charge is 2.19. The van der Waals surface area contributed by atoms with E-state index in [1.54, 1.807) is 12.5 Å². The molecular weight excluding hydrogens is 264 g/mol. The molecule has 0 saturated carbocycles. The maximum absolute atomic E-state index is 6.14. The van der Waals surface area contributed by atoms with Gasteiger partial charge in [-0.25, -0.2) is 14.6 Å². The van der Waals surface area contributed by atoms with E-state index in [1.165, 1.54) is 4.68 Å². The Balaban J connectivity index is 2.16. The van der Waals surface area contributed by atoms with Crippen molar-refractivity contribution in [2.45, 2.75) is 19.9 Å². The molecule has 6 heteroatoms. The maximum Gasteiger partial charge on any atom is 0.161 e. The van der Waals surface area contributed by atoms with E-state index in [1.807, 2.05) is 34.9 Å². The summed E-state index contributed by atoms with van der Waals surface area (Å²) in [6, 6.07) is 10.0. The zero-order valence-electron chi connectivity index (χ0n) is 12.1. The lowest BCUT2D eigenvalue weighted by Gasteiger charge is -2.10. The predicted octanol–water partition coefficient (Wildman–Crippen LogP) is 2.29. The van der Waals surface area contributed by atoms with Gasteiger partial charge in [-0.3, -0.25) is 0 Å². The Morgan fingerprint density at radius 1 is 1.14 bits per heavy atom. The number of benzene rings is 1. The number of nitrogens with zero attached hydrogens (tertiary/aromatic N) is 4. The highest BCUT2D eigenvalue weighted by molar-refractivity contribution is 5.73. The van der Waals surface area contributed by atoms with Crippen LogP contribution in [-0.4, -0.2) is 19.2 Å². The number of anilines is 1. The molecular formula is C15H18N6. The number of hydrogen-bond donors (Lipinski definition) is 2. The molecule has 0 bridgehead atoms. The third-order valence-electron chi connectivity index (χ3n) is 3.45. The number of nitrogen functional groups attached to an aromatic ring is 2. The van der Waals surface area contributed by atoms with E-state index in [9.17, 15) is 0 Å². The van der Waals surface area contributed by atoms with Gasteiger partial charge in [-0.15, -0.1) is 0 Å². The predicted molar refractivity (Wildman–Crippen MR) is 83.8 cm³/mol. The van der Waals surface area contributed by atoms with Crippen molar-refractivity contribution < 1.29 is 0 Å². The molecule has 2 aromatic heterocycles. The summed E-state index contributed by atoms with van der Waals surface area (Å²) >= 11 is 0. The Labute approximate surface area is 123 Å². The minimum absolute atomic E-state index is 0.269. The van der Waals surface area contributed by atoms with Gasteiger partial charge in [0.15, 0.2) is 11.6 Å². The van der Waals surface area contributed by atoms with Crippen molar-refractivity contribution in [3.05, 3.63) is 42.9 Å². The smallest absolute Gasteiger partial charge is 0.161 e. The molecule has 0 aliphatic rings. The zero-order valence-corrected chi connectivity index (χ0v) is 12.1. The standard InChI is InChI=1S/C15H18N6/c1-10(2)20-9-18-8-12(20)13-14(16)21(17)15(19-13)11-6-4-3-5-7-11/h3-10H,16-17H2,1-2H3. The van der Waals surface area contributed by atoms with Gasteiger partial charge >= 0.3 is 0 Å². The summed E-state index contributed by atoms with van der Waals surface area (Å²) in [5.74, 6) is 7.13. The van der Waals surface area contributed by atoms with Gasteiger partial charge in [-0.1, -0.05) is 30.3 Å². The Hall–Kier alpha value is -2.76. The summed E-state index contributed by atoms with van der Waals surface area (Å²) in [5, 5.41) is 0. The average molecular weight is 282 g/mol. The second kappa shape index (κ2) is 4.97. The molecule has 2 heterocycles. The summed E-state index contributed by atoms with van der Waals surface area (Å²) in [5.41, 5.74) is 8.58. The van der Waals surface area contributed by atoms with Crippen LogP contribution in [0.5, 0.6) is 0 Å². The summed E-state index contributed by atoms with van der Waals surface area (Å²) in [7, 11) is 0. The highest BCUT2D eigenvalue weighted by atomic mass is 15.4. The molecule has 0 unspecified atom stereocenters. The molecule has 0 atom stereocenters. The van der Waals surface area contributed by atoms with E-state index >= 15 is 0 Å². The molecule has 1 aromatic carbocycles. The Morgan fingerprint density at radius 3 is 2.52 bits per heavy atom. The molecule has 6 nitrogen and oxygen atoms in total. The van der Waals surface area contributed by atoms with Gasteiger partial charge < -0.3 is 16.1 Å². The van der Waals surface area contributed by atoms with Crippen LogP contribution in [0.3, 0.4) is 0 Å². The van der Waals surface area contributed by atoms with Gasteiger partial charge in [0, 0.05) is 11.6 Å². The first-order valence-corrected chi connectivity index (χ1v) is 6.80. The normalized spacial score (nSPS) is 11.2. The van der Waals surface area contributed by atoms with Crippen molar-refractivity contribution in [1.29, 1.82) is 0 Å². The second-order valence-electron chi connectivity index (χ2n) is 5.19. The van der Waals surface area contributed by atoms with E-state index in [0.29, 0.717) is 17.3 Å². The van der Waals surface area contributed by atoms with Crippen LogP contribution in [0.15, 0.2) is 42.9 Å². The summed E-state index contributed by atoms with van der Waals surface area (Å²) in [4.78, 5) is 8.81. The zero-order chi connectivity index (χ0) is 15.0. The number of nitrogens with two attached hydrogens (primary N) is 2. The van der Waals surface area contributed by atoms with Crippen LogP contribution in [0.2, 0.25) is 0 Å². The molecule has 21 heavy (non-hydrogen) atoms. The Kier molecular flexibility index (Phi) is 3.13. The topological polar surface area (TPSA) is 87.7 Å². The molecule has 0 saturated heterocycles. The monoisotopic (exact) mass is 282 g/mol. The van der Waals surface area contributed by atoms with Gasteiger partial charge in [0.05, 0.1) is 18.2 Å². The van der Waals surface area contributed by atoms with E-state index in [4.69, 9.17) is 11.6 Å². The highest BCUT2D eigenvalue weighted by Crippen LogP contribution is 2.30. The minimum Gasteiger partial charge on any atom is -0.382 e. The third-order valence-corrected chi connectivity index (χ3v) is 3.45. The summed E-state index contributed by atoms with van der Waals surface area (Å²) in [6.45, 7) is 4.16. The van der Waals surface area contributed by atoms with Crippen molar-refractivity contribution in [3.8, 4) is 22.8 Å². The average Bonchev–Trinajstić information content (AvgIpc) is 3.07. The maximum atomic E-state index is 6.14. The second-order valence-corrected chi connectivity index (χ2v) is 5.19. The van der Waals surface area contributed by atoms with Crippen LogP contribution >= 0.6 is 0 Å². The van der Waals surface area contributed by atoms with Gasteiger partial charge in [0.1, 0.15) is 5.69 Å². The van der Waals surface area contributed by atoms with Crippen LogP contribution in [-0.2, 0) is 0 Å². The molecule has 0 aliphatic carbocycles. The van der Waals surface area contributed by atoms with Crippen LogP contribution in [0.1, 0.15) is 19.9 Å². The fourth-order valence-corrected chi connectivity index (χ4v) is 2.32. The van der Waals surface area contributed by atoms with Gasteiger partial charge in [-0.2, -0.15) is 0 Å². The van der Waals surface area contributed by atoms with Crippen LogP contribution in [0.25, 0.3) is 22.8 Å². The molecule has 108 valence electrons. The van der Waals surface area contributed by atoms with E-state index < -0.39 is 0 Å². The SMILES string of the molecule is CC(C)n1cncc1-c1nc(-c2ccccc2)n(N)c1N. The van der Waals surface area contributed by atoms with Crippen molar-refractivity contribution >= 4 is 5.82 Å². The number of aromatic nitrogens is 4. The van der Waals surface area contributed by atoms with Gasteiger partial charge in [0.2, 0.25) is 0 Å². The number of hydrogen-bond acceptors (Lipinski definition) is 4. The van der Waals surface area contributed by atoms with Gasteiger partial charge in [-0.05, 0) is 13.8 Å². The molecule has 0 radical (unpaired) electrons. The largest absolute Gasteiger partial charge is 0.382 e. The minimum atomic E-state index is 0.269. The molecule has 0 spiro atoms. The lowest BCUT2D eigenvalue weighted by atomic mass is 10.2. The first-order chi connectivity index (χ1) is 10.1. The molecule has 0 fully saturated rings. The Bertz CT molecular complexity index is 754. The first kappa shape index (κ1) is 13.2. The van der Waals surface area contributed by atoms with Crippen LogP contribution in [0, 0.1) is 0 Å². The van der Waals surface area contributed by atoms with E-state index in [-0.39, 0.29) is 6.04 Å². The quantitative estimate of drug-likeness (QED) is 0.721. The van der Waals surface area contributed by atoms with E-state index in [2.05, 4.69) is 23.8 Å². The summed E-state index contributed by atoms with van der Waals surface area (Å²) in [6.07, 6.45) is 3.53. The molecule has 4 N–H and O–H groups in total. The molecule has 0 aliphatic heterocycles. The van der Waals surface area contributed by atoms with Crippen LogP contribution < -0.4 is 11.6 Å². The molecule has 0 amide bonds. The number of imidazole rings is 2. The Morgan fingerprint density at radius 2 is 1.86 bits per heavy atom. The summed E-state index contributed by atoms with van der Waals surface area (Å²) < 4.78 is 3.44.